The highest BCUT2D eigenvalue weighted by Gasteiger charge is 2.31. The number of hydrogen-bond donors (Lipinski definition) is 0. The molecule has 1 aromatic heterocycles. The average molecular weight is 373 g/mol. The first kappa shape index (κ1) is 17.7. The van der Waals surface area contributed by atoms with Gasteiger partial charge in [0.25, 0.3) is 0 Å². The molecule has 27 heavy (non-hydrogen) atoms. The molecule has 140 valence electrons. The summed E-state index contributed by atoms with van der Waals surface area (Å²) in [6.45, 7) is 3.56. The molecule has 1 atom stereocenters. The van der Waals surface area contributed by atoms with Crippen LogP contribution in [0.25, 0.3) is 11.0 Å². The number of halogens is 3. The van der Waals surface area contributed by atoms with E-state index in [1.807, 2.05) is 31.2 Å². The molecule has 0 amide bonds. The van der Waals surface area contributed by atoms with Crippen LogP contribution < -0.4 is 4.90 Å². The fourth-order valence-corrected chi connectivity index (χ4v) is 3.31. The summed E-state index contributed by atoms with van der Waals surface area (Å²) in [6.07, 6.45) is -4.65. The van der Waals surface area contributed by atoms with Crippen LogP contribution in [0.2, 0.25) is 0 Å². The third-order valence-corrected chi connectivity index (χ3v) is 4.70. The standard InChI is InChI=1S/C20H18F3N3O/c1-13-19(25-17-5-3-2-4-16(17)24-13)26-10-11-27-18(12-26)14-6-8-15(9-7-14)20(21,22)23/h2-9,18H,10-12H2,1H3. The van der Waals surface area contributed by atoms with E-state index < -0.39 is 11.7 Å². The maximum Gasteiger partial charge on any atom is 0.416 e. The molecule has 7 heteroatoms. The van der Waals surface area contributed by atoms with Crippen LogP contribution >= 0.6 is 0 Å². The van der Waals surface area contributed by atoms with Gasteiger partial charge in [0.1, 0.15) is 6.10 Å². The first-order valence-electron chi connectivity index (χ1n) is 8.69. The number of alkyl halides is 3. The second-order valence-corrected chi connectivity index (χ2v) is 6.55. The summed E-state index contributed by atoms with van der Waals surface area (Å²) in [5, 5.41) is 0. The molecule has 0 spiro atoms. The maximum atomic E-state index is 12.8. The molecule has 4 nitrogen and oxygen atoms in total. The molecule has 0 saturated carbocycles. The molecule has 2 heterocycles. The van der Waals surface area contributed by atoms with E-state index in [9.17, 15) is 13.2 Å². The van der Waals surface area contributed by atoms with Crippen molar-refractivity contribution in [2.75, 3.05) is 24.6 Å². The van der Waals surface area contributed by atoms with Crippen molar-refractivity contribution in [3.05, 3.63) is 65.4 Å². The lowest BCUT2D eigenvalue weighted by molar-refractivity contribution is -0.137. The van der Waals surface area contributed by atoms with Crippen LogP contribution in [0.5, 0.6) is 0 Å². The zero-order valence-corrected chi connectivity index (χ0v) is 14.7. The topological polar surface area (TPSA) is 38.2 Å². The molecule has 0 radical (unpaired) electrons. The van der Waals surface area contributed by atoms with Crippen molar-refractivity contribution in [1.82, 2.24) is 9.97 Å². The molecular weight excluding hydrogens is 355 g/mol. The van der Waals surface area contributed by atoms with E-state index in [2.05, 4.69) is 9.88 Å². The van der Waals surface area contributed by atoms with Crippen LogP contribution in [0.4, 0.5) is 19.0 Å². The number of hydrogen-bond acceptors (Lipinski definition) is 4. The van der Waals surface area contributed by atoms with Gasteiger partial charge in [-0.25, -0.2) is 9.97 Å². The summed E-state index contributed by atoms with van der Waals surface area (Å²) in [7, 11) is 0. The first-order valence-corrected chi connectivity index (χ1v) is 8.69. The highest BCUT2D eigenvalue weighted by atomic mass is 19.4. The first-order chi connectivity index (χ1) is 12.9. The van der Waals surface area contributed by atoms with E-state index in [0.29, 0.717) is 19.7 Å². The number of rotatable bonds is 2. The van der Waals surface area contributed by atoms with E-state index in [4.69, 9.17) is 9.72 Å². The van der Waals surface area contributed by atoms with Crippen molar-refractivity contribution < 1.29 is 17.9 Å². The minimum Gasteiger partial charge on any atom is -0.370 e. The molecule has 0 N–H and O–H groups in total. The number of aryl methyl sites for hydroxylation is 1. The summed E-state index contributed by atoms with van der Waals surface area (Å²) in [4.78, 5) is 11.4. The zero-order chi connectivity index (χ0) is 19.0. The van der Waals surface area contributed by atoms with Crippen LogP contribution in [0.15, 0.2) is 48.5 Å². The van der Waals surface area contributed by atoms with Gasteiger partial charge in [0.15, 0.2) is 5.82 Å². The number of fused-ring (bicyclic) bond motifs is 1. The maximum absolute atomic E-state index is 12.8. The summed E-state index contributed by atoms with van der Waals surface area (Å²) >= 11 is 0. The fraction of sp³-hybridized carbons (Fsp3) is 0.300. The van der Waals surface area contributed by atoms with Gasteiger partial charge in [-0.3, -0.25) is 0 Å². The number of anilines is 1. The third kappa shape index (κ3) is 3.60. The van der Waals surface area contributed by atoms with Crippen molar-refractivity contribution in [3.8, 4) is 0 Å². The van der Waals surface area contributed by atoms with Gasteiger partial charge in [0.2, 0.25) is 0 Å². The van der Waals surface area contributed by atoms with E-state index in [1.165, 1.54) is 12.1 Å². The van der Waals surface area contributed by atoms with Gasteiger partial charge in [-0.15, -0.1) is 0 Å². The van der Waals surface area contributed by atoms with Gasteiger partial charge in [0.05, 0.1) is 28.9 Å². The Balaban J connectivity index is 1.59. The van der Waals surface area contributed by atoms with Crippen molar-refractivity contribution in [2.24, 2.45) is 0 Å². The van der Waals surface area contributed by atoms with E-state index >= 15 is 0 Å². The molecule has 1 aliphatic rings. The lowest BCUT2D eigenvalue weighted by Gasteiger charge is -2.34. The van der Waals surface area contributed by atoms with E-state index in [-0.39, 0.29) is 6.10 Å². The molecule has 4 rings (SSSR count). The predicted molar refractivity (Wildman–Crippen MR) is 96.6 cm³/mol. The molecule has 0 aliphatic carbocycles. The van der Waals surface area contributed by atoms with Crippen LogP contribution in [0, 0.1) is 6.92 Å². The van der Waals surface area contributed by atoms with Gasteiger partial charge >= 0.3 is 6.18 Å². The van der Waals surface area contributed by atoms with Gasteiger partial charge in [-0.05, 0) is 36.8 Å². The van der Waals surface area contributed by atoms with Crippen LogP contribution in [-0.4, -0.2) is 29.7 Å². The van der Waals surface area contributed by atoms with E-state index in [0.717, 1.165) is 40.2 Å². The quantitative estimate of drug-likeness (QED) is 0.661. The highest BCUT2D eigenvalue weighted by molar-refractivity contribution is 5.76. The number of ether oxygens (including phenoxy) is 1. The lowest BCUT2D eigenvalue weighted by atomic mass is 10.0. The number of nitrogens with zero attached hydrogens (tertiary/aromatic N) is 3. The fourth-order valence-electron chi connectivity index (χ4n) is 3.31. The Morgan fingerprint density at radius 2 is 1.67 bits per heavy atom. The number of para-hydroxylation sites is 2. The molecule has 2 aromatic carbocycles. The second-order valence-electron chi connectivity index (χ2n) is 6.55. The number of morpholine rings is 1. The van der Waals surface area contributed by atoms with Crippen LogP contribution in [0.3, 0.4) is 0 Å². The average Bonchev–Trinajstić information content (AvgIpc) is 2.67. The lowest BCUT2D eigenvalue weighted by Crippen LogP contribution is -2.39. The molecule has 1 fully saturated rings. The number of benzene rings is 2. The molecule has 1 saturated heterocycles. The Bertz CT molecular complexity index is 957. The van der Waals surface area contributed by atoms with Gasteiger partial charge in [-0.2, -0.15) is 13.2 Å². The van der Waals surface area contributed by atoms with Crippen molar-refractivity contribution in [2.45, 2.75) is 19.2 Å². The minimum atomic E-state index is -4.34. The SMILES string of the molecule is Cc1nc2ccccc2nc1N1CCOC(c2ccc(C(F)(F)F)cc2)C1. The van der Waals surface area contributed by atoms with Crippen molar-refractivity contribution in [1.29, 1.82) is 0 Å². The Labute approximate surface area is 154 Å². The predicted octanol–water partition coefficient (Wildman–Crippen LogP) is 4.53. The molecule has 1 aliphatic heterocycles. The largest absolute Gasteiger partial charge is 0.416 e. The Morgan fingerprint density at radius 1 is 1.00 bits per heavy atom. The summed E-state index contributed by atoms with van der Waals surface area (Å²) < 4.78 is 44.1. The summed E-state index contributed by atoms with van der Waals surface area (Å²) in [5.41, 5.74) is 2.54. The molecule has 0 bridgehead atoms. The van der Waals surface area contributed by atoms with Gasteiger partial charge in [0, 0.05) is 13.1 Å². The van der Waals surface area contributed by atoms with Crippen molar-refractivity contribution in [3.63, 3.8) is 0 Å². The monoisotopic (exact) mass is 373 g/mol. The molecule has 3 aromatic rings. The van der Waals surface area contributed by atoms with Gasteiger partial charge < -0.3 is 9.64 Å². The molecule has 1 unspecified atom stereocenters. The number of aromatic nitrogens is 2. The van der Waals surface area contributed by atoms with Crippen LogP contribution in [0.1, 0.15) is 22.9 Å². The minimum absolute atomic E-state index is 0.311. The molecular formula is C20H18F3N3O. The Hall–Kier alpha value is -2.67. The summed E-state index contributed by atoms with van der Waals surface area (Å²) in [5.74, 6) is 0.786. The Kier molecular flexibility index (Phi) is 4.47. The van der Waals surface area contributed by atoms with Gasteiger partial charge in [-0.1, -0.05) is 24.3 Å². The summed E-state index contributed by atoms with van der Waals surface area (Å²) in [6, 6.07) is 12.8. The zero-order valence-electron chi connectivity index (χ0n) is 14.7. The Morgan fingerprint density at radius 3 is 2.33 bits per heavy atom. The normalized spacial score (nSPS) is 18.1. The smallest absolute Gasteiger partial charge is 0.370 e. The van der Waals surface area contributed by atoms with E-state index in [1.54, 1.807) is 0 Å². The van der Waals surface area contributed by atoms with Crippen LogP contribution in [-0.2, 0) is 10.9 Å². The van der Waals surface area contributed by atoms with Crippen molar-refractivity contribution >= 4 is 16.9 Å². The highest BCUT2D eigenvalue weighted by Crippen LogP contribution is 2.32. The third-order valence-electron chi connectivity index (χ3n) is 4.70. The second kappa shape index (κ2) is 6.81.